The van der Waals surface area contributed by atoms with E-state index < -0.39 is 11.0 Å². The Hall–Kier alpha value is -2.77. The second kappa shape index (κ2) is 7.42. The maximum atomic E-state index is 12.6. The summed E-state index contributed by atoms with van der Waals surface area (Å²) < 4.78 is 0. The molecule has 132 valence electrons. The van der Waals surface area contributed by atoms with Gasteiger partial charge in [0.25, 0.3) is 17.5 Å². The monoisotopic (exact) mass is 344 g/mol. The van der Waals surface area contributed by atoms with E-state index >= 15 is 0 Å². The summed E-state index contributed by atoms with van der Waals surface area (Å²) in [5, 5.41) is 14.9. The number of hydrazone groups is 1. The average molecular weight is 344 g/mol. The third-order valence-corrected chi connectivity index (χ3v) is 4.65. The molecule has 1 aromatic carbocycles. The molecule has 1 aliphatic carbocycles. The van der Waals surface area contributed by atoms with Crippen LogP contribution in [0.2, 0.25) is 0 Å². The van der Waals surface area contributed by atoms with Crippen LogP contribution < -0.4 is 5.43 Å². The van der Waals surface area contributed by atoms with Gasteiger partial charge < -0.3 is 4.90 Å². The highest BCUT2D eigenvalue weighted by Gasteiger charge is 2.34. The van der Waals surface area contributed by atoms with Crippen molar-refractivity contribution in [3.63, 3.8) is 0 Å². The fourth-order valence-electron chi connectivity index (χ4n) is 3.28. The summed E-state index contributed by atoms with van der Waals surface area (Å²) in [6.07, 6.45) is 5.36. The molecule has 2 fully saturated rings. The largest absolute Gasteiger partial charge is 0.327 e. The van der Waals surface area contributed by atoms with Gasteiger partial charge in [-0.2, -0.15) is 5.10 Å². The van der Waals surface area contributed by atoms with Crippen LogP contribution in [0.3, 0.4) is 0 Å². The van der Waals surface area contributed by atoms with Gasteiger partial charge in [0.1, 0.15) is 6.04 Å². The van der Waals surface area contributed by atoms with Gasteiger partial charge in [-0.25, -0.2) is 5.43 Å². The Labute approximate surface area is 145 Å². The summed E-state index contributed by atoms with van der Waals surface area (Å²) in [5.74, 6) is -0.562. The average Bonchev–Trinajstić information content (AvgIpc) is 3.30. The Balaban J connectivity index is 1.67. The lowest BCUT2D eigenvalue weighted by Gasteiger charge is -2.23. The summed E-state index contributed by atoms with van der Waals surface area (Å²) >= 11 is 0. The third-order valence-electron chi connectivity index (χ3n) is 4.65. The number of hydrogen-bond acceptors (Lipinski definition) is 5. The molecule has 0 bridgehead atoms. The number of nitrogens with one attached hydrogen (secondary N) is 1. The minimum atomic E-state index is -0.548. The highest BCUT2D eigenvalue weighted by Crippen LogP contribution is 2.22. The number of rotatable bonds is 4. The van der Waals surface area contributed by atoms with E-state index in [4.69, 9.17) is 0 Å². The van der Waals surface area contributed by atoms with Crippen molar-refractivity contribution in [2.75, 3.05) is 6.54 Å². The predicted octanol–water partition coefficient (Wildman–Crippen LogP) is 2.25. The van der Waals surface area contributed by atoms with Crippen LogP contribution in [-0.4, -0.2) is 39.9 Å². The molecule has 0 radical (unpaired) electrons. The van der Waals surface area contributed by atoms with Gasteiger partial charge in [-0.05, 0) is 50.7 Å². The summed E-state index contributed by atoms with van der Waals surface area (Å²) in [4.78, 5) is 36.7. The van der Waals surface area contributed by atoms with Gasteiger partial charge in [0, 0.05) is 30.0 Å². The minimum Gasteiger partial charge on any atom is -0.327 e. The van der Waals surface area contributed by atoms with E-state index in [0.717, 1.165) is 37.8 Å². The molecule has 1 atom stereocenters. The van der Waals surface area contributed by atoms with Crippen molar-refractivity contribution in [2.45, 2.75) is 44.6 Å². The van der Waals surface area contributed by atoms with Crippen LogP contribution >= 0.6 is 0 Å². The Morgan fingerprint density at radius 3 is 2.48 bits per heavy atom. The molecule has 3 rings (SSSR count). The molecule has 2 amide bonds. The molecule has 8 nitrogen and oxygen atoms in total. The van der Waals surface area contributed by atoms with E-state index in [0.29, 0.717) is 18.5 Å². The van der Waals surface area contributed by atoms with Crippen LogP contribution in [0.4, 0.5) is 5.69 Å². The lowest BCUT2D eigenvalue weighted by Crippen LogP contribution is -2.44. The van der Waals surface area contributed by atoms with Gasteiger partial charge in [0.2, 0.25) is 0 Å². The van der Waals surface area contributed by atoms with Crippen LogP contribution in [0.15, 0.2) is 29.4 Å². The van der Waals surface area contributed by atoms with Crippen molar-refractivity contribution in [3.8, 4) is 0 Å². The Bertz CT molecular complexity index is 706. The van der Waals surface area contributed by atoms with Crippen LogP contribution in [0, 0.1) is 10.1 Å². The van der Waals surface area contributed by atoms with Crippen LogP contribution in [-0.2, 0) is 4.79 Å². The lowest BCUT2D eigenvalue weighted by molar-refractivity contribution is -0.384. The highest BCUT2D eigenvalue weighted by atomic mass is 16.6. The van der Waals surface area contributed by atoms with Crippen LogP contribution in [0.25, 0.3) is 0 Å². The van der Waals surface area contributed by atoms with Gasteiger partial charge in [-0.1, -0.05) is 0 Å². The summed E-state index contributed by atoms with van der Waals surface area (Å²) in [6.45, 7) is 0.491. The van der Waals surface area contributed by atoms with Crippen LogP contribution in [0.5, 0.6) is 0 Å². The van der Waals surface area contributed by atoms with Crippen molar-refractivity contribution in [3.05, 3.63) is 39.9 Å². The first-order valence-corrected chi connectivity index (χ1v) is 8.47. The number of likely N-dealkylation sites (tertiary alicyclic amines) is 1. The number of carbonyl (C=O) groups excluding carboxylic acids is 2. The highest BCUT2D eigenvalue weighted by molar-refractivity contribution is 5.98. The van der Waals surface area contributed by atoms with Crippen molar-refractivity contribution in [1.29, 1.82) is 0 Å². The third kappa shape index (κ3) is 3.84. The minimum absolute atomic E-state index is 0.0698. The first-order chi connectivity index (χ1) is 12.1. The number of carbonyl (C=O) groups is 2. The molecule has 0 unspecified atom stereocenters. The molecule has 25 heavy (non-hydrogen) atoms. The summed E-state index contributed by atoms with van der Waals surface area (Å²) in [7, 11) is 0. The number of hydrogen-bond donors (Lipinski definition) is 1. The number of nitrogens with zero attached hydrogens (tertiary/aromatic N) is 3. The molecule has 1 saturated heterocycles. The molecule has 1 N–H and O–H groups in total. The van der Waals surface area contributed by atoms with Crippen molar-refractivity contribution < 1.29 is 14.5 Å². The van der Waals surface area contributed by atoms with Crippen molar-refractivity contribution in [2.24, 2.45) is 5.10 Å². The predicted molar refractivity (Wildman–Crippen MR) is 91.2 cm³/mol. The Morgan fingerprint density at radius 2 is 1.84 bits per heavy atom. The molecule has 1 aromatic rings. The zero-order valence-electron chi connectivity index (χ0n) is 13.8. The van der Waals surface area contributed by atoms with Gasteiger partial charge in [0.05, 0.1) is 4.92 Å². The Morgan fingerprint density at radius 1 is 1.16 bits per heavy atom. The normalized spacial score (nSPS) is 19.8. The van der Waals surface area contributed by atoms with Crippen molar-refractivity contribution in [1.82, 2.24) is 10.3 Å². The SMILES string of the molecule is O=C(NN=C1CCCC1)[C@H]1CCCN1C(=O)c1ccc([N+](=O)[O-])cc1. The summed E-state index contributed by atoms with van der Waals surface area (Å²) in [5.41, 5.74) is 3.86. The second-order valence-corrected chi connectivity index (χ2v) is 6.32. The van der Waals surface area contributed by atoms with Crippen LogP contribution in [0.1, 0.15) is 48.9 Å². The van der Waals surface area contributed by atoms with E-state index in [1.165, 1.54) is 29.2 Å². The van der Waals surface area contributed by atoms with E-state index in [9.17, 15) is 19.7 Å². The smallest absolute Gasteiger partial charge is 0.269 e. The molecular formula is C17H20N4O4. The standard InChI is InChI=1S/C17H20N4O4/c22-16(19-18-13-4-1-2-5-13)15-6-3-11-20(15)17(23)12-7-9-14(10-8-12)21(24)25/h7-10,15H,1-6,11H2,(H,19,22)/t15-/m1/s1. The molecule has 2 aliphatic rings. The van der Waals surface area contributed by atoms with Gasteiger partial charge in [0.15, 0.2) is 0 Å². The van der Waals surface area contributed by atoms with Gasteiger partial charge in [-0.3, -0.25) is 19.7 Å². The lowest BCUT2D eigenvalue weighted by atomic mass is 10.1. The molecule has 0 aromatic heterocycles. The topological polar surface area (TPSA) is 105 Å². The van der Waals surface area contributed by atoms with E-state index in [-0.39, 0.29) is 17.5 Å². The molecule has 1 heterocycles. The van der Waals surface area contributed by atoms with E-state index in [1.807, 2.05) is 0 Å². The van der Waals surface area contributed by atoms with Gasteiger partial charge in [-0.15, -0.1) is 0 Å². The number of non-ortho nitro benzene ring substituents is 1. The zero-order chi connectivity index (χ0) is 17.8. The summed E-state index contributed by atoms with van der Waals surface area (Å²) in [6, 6.07) is 4.89. The fraction of sp³-hybridized carbons (Fsp3) is 0.471. The second-order valence-electron chi connectivity index (χ2n) is 6.32. The molecule has 1 aliphatic heterocycles. The van der Waals surface area contributed by atoms with Crippen molar-refractivity contribution >= 4 is 23.2 Å². The maximum absolute atomic E-state index is 12.6. The first kappa shape index (κ1) is 17.1. The van der Waals surface area contributed by atoms with E-state index in [2.05, 4.69) is 10.5 Å². The molecule has 0 spiro atoms. The fourth-order valence-corrected chi connectivity index (χ4v) is 3.28. The Kier molecular flexibility index (Phi) is 5.06. The number of nitro groups is 1. The molecular weight excluding hydrogens is 324 g/mol. The quantitative estimate of drug-likeness (QED) is 0.668. The molecule has 8 heteroatoms. The van der Waals surface area contributed by atoms with Gasteiger partial charge >= 0.3 is 0 Å². The number of amides is 2. The van der Waals surface area contributed by atoms with E-state index in [1.54, 1.807) is 0 Å². The maximum Gasteiger partial charge on any atom is 0.269 e. The molecule has 1 saturated carbocycles. The number of benzene rings is 1. The number of nitro benzene ring substituents is 1. The first-order valence-electron chi connectivity index (χ1n) is 8.47. The zero-order valence-corrected chi connectivity index (χ0v) is 13.8.